The van der Waals surface area contributed by atoms with Gasteiger partial charge in [-0.2, -0.15) is 0 Å². The molecule has 0 bridgehead atoms. The van der Waals surface area contributed by atoms with Gasteiger partial charge < -0.3 is 4.90 Å². The van der Waals surface area contributed by atoms with Crippen LogP contribution in [0.2, 0.25) is 0 Å². The molecule has 2 aromatic carbocycles. The first-order chi connectivity index (χ1) is 11.3. The summed E-state index contributed by atoms with van der Waals surface area (Å²) in [6, 6.07) is 17.6. The number of anilines is 1. The Bertz CT molecular complexity index is 598. The van der Waals surface area contributed by atoms with E-state index in [2.05, 4.69) is 24.8 Å². The van der Waals surface area contributed by atoms with Crippen LogP contribution in [0.3, 0.4) is 0 Å². The van der Waals surface area contributed by atoms with Crippen molar-refractivity contribution in [3.63, 3.8) is 0 Å². The minimum atomic E-state index is 0.110. The second-order valence-electron chi connectivity index (χ2n) is 5.91. The van der Waals surface area contributed by atoms with Crippen LogP contribution in [0.15, 0.2) is 54.6 Å². The summed E-state index contributed by atoms with van der Waals surface area (Å²) < 4.78 is 0. The zero-order valence-corrected chi connectivity index (χ0v) is 14.3. The topological polar surface area (TPSA) is 20.3 Å². The van der Waals surface area contributed by atoms with Gasteiger partial charge in [-0.3, -0.25) is 4.79 Å². The highest BCUT2D eigenvalue weighted by Gasteiger charge is 2.17. The summed E-state index contributed by atoms with van der Waals surface area (Å²) >= 11 is 0. The molecule has 2 heteroatoms. The fourth-order valence-corrected chi connectivity index (χ4v) is 2.74. The van der Waals surface area contributed by atoms with Crippen LogP contribution in [-0.2, 0) is 0 Å². The van der Waals surface area contributed by atoms with E-state index >= 15 is 0 Å². The number of ketones is 1. The quantitative estimate of drug-likeness (QED) is 0.584. The number of para-hydroxylation sites is 1. The van der Waals surface area contributed by atoms with Crippen molar-refractivity contribution in [1.29, 1.82) is 0 Å². The minimum absolute atomic E-state index is 0.110. The van der Waals surface area contributed by atoms with E-state index in [0.29, 0.717) is 0 Å². The van der Waals surface area contributed by atoms with Crippen LogP contribution < -0.4 is 4.90 Å². The molecule has 0 fully saturated rings. The lowest BCUT2D eigenvalue weighted by Crippen LogP contribution is -2.27. The van der Waals surface area contributed by atoms with Crippen LogP contribution in [0.1, 0.15) is 55.5 Å². The Morgan fingerprint density at radius 3 is 2.00 bits per heavy atom. The van der Waals surface area contributed by atoms with Gasteiger partial charge in [-0.05, 0) is 25.0 Å². The summed E-state index contributed by atoms with van der Waals surface area (Å²) in [7, 11) is 0. The van der Waals surface area contributed by atoms with Gasteiger partial charge in [-0.15, -0.1) is 0 Å². The molecule has 0 spiro atoms. The maximum Gasteiger partial charge on any atom is 0.195 e. The number of rotatable bonds is 9. The van der Waals surface area contributed by atoms with Gasteiger partial charge in [-0.1, -0.05) is 69.2 Å². The Labute approximate surface area is 140 Å². The number of unbranched alkanes of at least 4 members (excludes halogenated alkanes) is 2. The largest absolute Gasteiger partial charge is 0.371 e. The van der Waals surface area contributed by atoms with E-state index in [-0.39, 0.29) is 5.78 Å². The predicted octanol–water partition coefficient (Wildman–Crippen LogP) is 5.32. The predicted molar refractivity (Wildman–Crippen MR) is 98.3 cm³/mol. The summed E-state index contributed by atoms with van der Waals surface area (Å²) in [4.78, 5) is 15.3. The third kappa shape index (κ3) is 4.69. The summed E-state index contributed by atoms with van der Waals surface area (Å²) in [5.41, 5.74) is 2.64. The van der Waals surface area contributed by atoms with Crippen LogP contribution in [-0.4, -0.2) is 18.9 Å². The molecule has 0 heterocycles. The molecule has 2 aromatic rings. The average molecular weight is 309 g/mol. The lowest BCUT2D eigenvalue weighted by molar-refractivity contribution is 0.103. The molecule has 0 aliphatic carbocycles. The Kier molecular flexibility index (Phi) is 6.86. The van der Waals surface area contributed by atoms with Crippen LogP contribution in [0, 0.1) is 0 Å². The van der Waals surface area contributed by atoms with Crippen molar-refractivity contribution in [2.75, 3.05) is 18.0 Å². The van der Waals surface area contributed by atoms with Gasteiger partial charge in [0.15, 0.2) is 5.78 Å². The molecule has 0 aliphatic rings. The molecule has 0 saturated carbocycles. The van der Waals surface area contributed by atoms with Crippen molar-refractivity contribution >= 4 is 11.5 Å². The lowest BCUT2D eigenvalue weighted by Gasteiger charge is -2.26. The highest BCUT2D eigenvalue weighted by atomic mass is 16.1. The molecule has 23 heavy (non-hydrogen) atoms. The lowest BCUT2D eigenvalue weighted by atomic mass is 10.0. The van der Waals surface area contributed by atoms with Crippen LogP contribution in [0.5, 0.6) is 0 Å². The minimum Gasteiger partial charge on any atom is -0.371 e. The number of benzene rings is 2. The zero-order valence-electron chi connectivity index (χ0n) is 14.3. The van der Waals surface area contributed by atoms with E-state index in [9.17, 15) is 4.79 Å². The molecule has 0 aromatic heterocycles. The molecule has 0 atom stereocenters. The molecule has 2 nitrogen and oxygen atoms in total. The van der Waals surface area contributed by atoms with Crippen molar-refractivity contribution in [3.8, 4) is 0 Å². The van der Waals surface area contributed by atoms with E-state index < -0.39 is 0 Å². The molecule has 0 unspecified atom stereocenters. The molecule has 2 rings (SSSR count). The second kappa shape index (κ2) is 9.14. The summed E-state index contributed by atoms with van der Waals surface area (Å²) in [6.45, 7) is 6.43. The van der Waals surface area contributed by atoms with Crippen LogP contribution in [0.25, 0.3) is 0 Å². The molecule has 122 valence electrons. The molecule has 0 radical (unpaired) electrons. The number of nitrogens with zero attached hydrogens (tertiary/aromatic N) is 1. The van der Waals surface area contributed by atoms with Crippen LogP contribution in [0.4, 0.5) is 5.69 Å². The van der Waals surface area contributed by atoms with Gasteiger partial charge in [-0.25, -0.2) is 0 Å². The maximum absolute atomic E-state index is 12.9. The SMILES string of the molecule is CCCCN(CCCC)c1ccccc1C(=O)c1ccccc1. The molecular formula is C21H27NO. The highest BCUT2D eigenvalue weighted by Crippen LogP contribution is 2.24. The van der Waals surface area contributed by atoms with Gasteiger partial charge in [0, 0.05) is 29.9 Å². The van der Waals surface area contributed by atoms with Crippen molar-refractivity contribution < 1.29 is 4.79 Å². The van der Waals surface area contributed by atoms with E-state index in [1.807, 2.05) is 48.5 Å². The van der Waals surface area contributed by atoms with Crippen molar-refractivity contribution in [3.05, 3.63) is 65.7 Å². The first-order valence-corrected chi connectivity index (χ1v) is 8.71. The molecular weight excluding hydrogens is 282 g/mol. The smallest absolute Gasteiger partial charge is 0.195 e. The van der Waals surface area contributed by atoms with Crippen molar-refractivity contribution in [2.24, 2.45) is 0 Å². The van der Waals surface area contributed by atoms with Gasteiger partial charge in [0.05, 0.1) is 0 Å². The van der Waals surface area contributed by atoms with E-state index in [4.69, 9.17) is 0 Å². The molecule has 0 saturated heterocycles. The standard InChI is InChI=1S/C21H27NO/c1-3-5-16-22(17-6-4-2)20-15-11-10-14-19(20)21(23)18-12-8-7-9-13-18/h7-15H,3-6,16-17H2,1-2H3. The molecule has 0 N–H and O–H groups in total. The zero-order chi connectivity index (χ0) is 16.5. The van der Waals surface area contributed by atoms with Gasteiger partial charge in [0.1, 0.15) is 0 Å². The third-order valence-electron chi connectivity index (χ3n) is 4.09. The number of carbonyl (C=O) groups is 1. The Hall–Kier alpha value is -2.09. The van der Waals surface area contributed by atoms with Crippen LogP contribution >= 0.6 is 0 Å². The van der Waals surface area contributed by atoms with E-state index in [0.717, 1.165) is 55.6 Å². The van der Waals surface area contributed by atoms with Gasteiger partial charge >= 0.3 is 0 Å². The number of hydrogen-bond acceptors (Lipinski definition) is 2. The maximum atomic E-state index is 12.9. The Balaban J connectivity index is 2.32. The first-order valence-electron chi connectivity index (χ1n) is 8.71. The average Bonchev–Trinajstić information content (AvgIpc) is 2.62. The highest BCUT2D eigenvalue weighted by molar-refractivity contribution is 6.12. The van der Waals surface area contributed by atoms with Crippen molar-refractivity contribution in [2.45, 2.75) is 39.5 Å². The fraction of sp³-hybridized carbons (Fsp3) is 0.381. The Morgan fingerprint density at radius 2 is 1.39 bits per heavy atom. The number of hydrogen-bond donors (Lipinski definition) is 0. The third-order valence-corrected chi connectivity index (χ3v) is 4.09. The number of carbonyl (C=O) groups excluding carboxylic acids is 1. The summed E-state index contributed by atoms with van der Waals surface area (Å²) in [5.74, 6) is 0.110. The Morgan fingerprint density at radius 1 is 0.826 bits per heavy atom. The fourth-order valence-electron chi connectivity index (χ4n) is 2.74. The monoisotopic (exact) mass is 309 g/mol. The van der Waals surface area contributed by atoms with Gasteiger partial charge in [0.2, 0.25) is 0 Å². The first kappa shape index (κ1) is 17.3. The molecule has 0 aliphatic heterocycles. The summed E-state index contributed by atoms with van der Waals surface area (Å²) in [6.07, 6.45) is 4.63. The normalized spacial score (nSPS) is 10.5. The second-order valence-corrected chi connectivity index (χ2v) is 5.91. The molecule has 0 amide bonds. The van der Waals surface area contributed by atoms with Crippen molar-refractivity contribution in [1.82, 2.24) is 0 Å². The van der Waals surface area contributed by atoms with E-state index in [1.54, 1.807) is 0 Å². The van der Waals surface area contributed by atoms with E-state index in [1.165, 1.54) is 0 Å². The summed E-state index contributed by atoms with van der Waals surface area (Å²) in [5, 5.41) is 0. The van der Waals surface area contributed by atoms with Gasteiger partial charge in [0.25, 0.3) is 0 Å².